The fourth-order valence-corrected chi connectivity index (χ4v) is 1.26. The summed E-state index contributed by atoms with van der Waals surface area (Å²) in [6, 6.07) is 6.01. The lowest BCUT2D eigenvalue weighted by atomic mass is 10.1. The molecule has 110 valence electrons. The molecule has 0 radical (unpaired) electrons. The largest absolute Gasteiger partial charge is 0.513 e. The van der Waals surface area contributed by atoms with Gasteiger partial charge >= 0.3 is 12.1 Å². The van der Waals surface area contributed by atoms with Crippen molar-refractivity contribution in [3.8, 4) is 5.75 Å². The fourth-order valence-electron chi connectivity index (χ4n) is 1.26. The van der Waals surface area contributed by atoms with Crippen LogP contribution in [0.2, 0.25) is 0 Å². The maximum absolute atomic E-state index is 11.8. The predicted octanol–water partition coefficient (Wildman–Crippen LogP) is 2.12. The van der Waals surface area contributed by atoms with E-state index in [1.165, 1.54) is 24.3 Å². The molecular formula is C14H19NO5. The molecule has 1 aromatic carbocycles. The van der Waals surface area contributed by atoms with Crippen molar-refractivity contribution in [3.05, 3.63) is 29.8 Å². The molecule has 6 nitrogen and oxygen atoms in total. The van der Waals surface area contributed by atoms with Crippen molar-refractivity contribution in [2.24, 2.45) is 5.73 Å². The Balaban J connectivity index is 2.60. The van der Waals surface area contributed by atoms with Crippen LogP contribution >= 0.6 is 0 Å². The van der Waals surface area contributed by atoms with E-state index in [0.717, 1.165) is 0 Å². The summed E-state index contributed by atoms with van der Waals surface area (Å²) >= 11 is 0. The topological polar surface area (TPSA) is 87.8 Å². The molecule has 20 heavy (non-hydrogen) atoms. The van der Waals surface area contributed by atoms with E-state index in [1.807, 2.05) is 0 Å². The van der Waals surface area contributed by atoms with E-state index in [-0.39, 0.29) is 18.9 Å². The highest BCUT2D eigenvalue weighted by atomic mass is 16.7. The number of hydrogen-bond acceptors (Lipinski definition) is 6. The van der Waals surface area contributed by atoms with Crippen LogP contribution in [0.15, 0.2) is 24.3 Å². The van der Waals surface area contributed by atoms with Gasteiger partial charge < -0.3 is 19.9 Å². The van der Waals surface area contributed by atoms with Gasteiger partial charge in [0, 0.05) is 6.54 Å². The van der Waals surface area contributed by atoms with Crippen LogP contribution in [0.25, 0.3) is 0 Å². The van der Waals surface area contributed by atoms with E-state index in [2.05, 4.69) is 4.74 Å². The fraction of sp³-hybridized carbons (Fsp3) is 0.429. The number of nitrogens with two attached hydrogens (primary N) is 1. The molecule has 0 unspecified atom stereocenters. The van der Waals surface area contributed by atoms with Crippen LogP contribution in [0, 0.1) is 0 Å². The number of carbonyl (C=O) groups excluding carboxylic acids is 2. The van der Waals surface area contributed by atoms with Gasteiger partial charge in [-0.2, -0.15) is 0 Å². The van der Waals surface area contributed by atoms with E-state index < -0.39 is 17.7 Å². The second-order valence-corrected chi connectivity index (χ2v) is 5.02. The molecule has 0 aliphatic heterocycles. The Morgan fingerprint density at radius 3 is 2.25 bits per heavy atom. The van der Waals surface area contributed by atoms with Crippen molar-refractivity contribution < 1.29 is 23.8 Å². The molecule has 0 amide bonds. The summed E-state index contributed by atoms with van der Waals surface area (Å²) in [5, 5.41) is 0. The molecule has 0 aromatic heterocycles. The minimum Gasteiger partial charge on any atom is -0.456 e. The van der Waals surface area contributed by atoms with E-state index >= 15 is 0 Å². The van der Waals surface area contributed by atoms with E-state index in [0.29, 0.717) is 5.56 Å². The maximum Gasteiger partial charge on any atom is 0.513 e. The Labute approximate surface area is 117 Å². The minimum atomic E-state index is -0.833. The Kier molecular flexibility index (Phi) is 5.52. The van der Waals surface area contributed by atoms with Gasteiger partial charge in [-0.3, -0.25) is 0 Å². The average Bonchev–Trinajstić information content (AvgIpc) is 2.35. The van der Waals surface area contributed by atoms with E-state index in [1.54, 1.807) is 20.8 Å². The standard InChI is InChI=1S/C14H19NO5/c1-14(2,3)20-12(16)10-4-6-11(7-5-10)19-13(17)18-9-8-15/h4-7H,8-9,15H2,1-3H3. The summed E-state index contributed by atoms with van der Waals surface area (Å²) in [5.41, 5.74) is 5.01. The summed E-state index contributed by atoms with van der Waals surface area (Å²) in [7, 11) is 0. The number of benzene rings is 1. The molecule has 0 fully saturated rings. The van der Waals surface area contributed by atoms with Crippen LogP contribution in [0.1, 0.15) is 31.1 Å². The maximum atomic E-state index is 11.8. The first-order valence-corrected chi connectivity index (χ1v) is 6.20. The van der Waals surface area contributed by atoms with Crippen LogP contribution in [0.3, 0.4) is 0 Å². The first kappa shape index (κ1) is 16.0. The molecule has 0 saturated heterocycles. The van der Waals surface area contributed by atoms with Gasteiger partial charge in [0.2, 0.25) is 0 Å². The Morgan fingerprint density at radius 1 is 1.15 bits per heavy atom. The summed E-state index contributed by atoms with van der Waals surface area (Å²) in [6.45, 7) is 5.68. The van der Waals surface area contributed by atoms with Gasteiger partial charge in [-0.05, 0) is 45.0 Å². The molecule has 0 aliphatic carbocycles. The third-order valence-corrected chi connectivity index (χ3v) is 2.03. The molecule has 0 spiro atoms. The number of hydrogen-bond donors (Lipinski definition) is 1. The van der Waals surface area contributed by atoms with Crippen LogP contribution < -0.4 is 10.5 Å². The molecule has 0 bridgehead atoms. The Hall–Kier alpha value is -2.08. The van der Waals surface area contributed by atoms with Crippen molar-refractivity contribution >= 4 is 12.1 Å². The van der Waals surface area contributed by atoms with Crippen LogP contribution in [-0.2, 0) is 9.47 Å². The first-order valence-electron chi connectivity index (χ1n) is 6.20. The molecule has 0 saturated carbocycles. The van der Waals surface area contributed by atoms with Gasteiger partial charge in [-0.1, -0.05) is 0 Å². The number of esters is 1. The molecule has 0 atom stereocenters. The third kappa shape index (κ3) is 5.71. The highest BCUT2D eigenvalue weighted by Crippen LogP contribution is 2.16. The van der Waals surface area contributed by atoms with Crippen molar-refractivity contribution in [2.45, 2.75) is 26.4 Å². The molecule has 0 heterocycles. The lowest BCUT2D eigenvalue weighted by molar-refractivity contribution is 0.00695. The number of carbonyl (C=O) groups is 2. The number of ether oxygens (including phenoxy) is 3. The SMILES string of the molecule is CC(C)(C)OC(=O)c1ccc(OC(=O)OCCN)cc1. The molecule has 1 rings (SSSR count). The van der Waals surface area contributed by atoms with Crippen molar-refractivity contribution in [3.63, 3.8) is 0 Å². The quantitative estimate of drug-likeness (QED) is 0.671. The molecular weight excluding hydrogens is 262 g/mol. The predicted molar refractivity (Wildman–Crippen MR) is 72.6 cm³/mol. The van der Waals surface area contributed by atoms with Gasteiger partial charge in [0.25, 0.3) is 0 Å². The van der Waals surface area contributed by atoms with Crippen molar-refractivity contribution in [1.82, 2.24) is 0 Å². The molecule has 2 N–H and O–H groups in total. The zero-order valence-corrected chi connectivity index (χ0v) is 11.8. The Morgan fingerprint density at radius 2 is 1.75 bits per heavy atom. The van der Waals surface area contributed by atoms with Crippen molar-refractivity contribution in [1.29, 1.82) is 0 Å². The summed E-state index contributed by atoms with van der Waals surface area (Å²) in [5.74, 6) is -0.158. The normalized spacial score (nSPS) is 10.8. The summed E-state index contributed by atoms with van der Waals surface area (Å²) in [6.07, 6.45) is -0.833. The molecule has 6 heteroatoms. The monoisotopic (exact) mass is 281 g/mol. The lowest BCUT2D eigenvalue weighted by Gasteiger charge is -2.19. The highest BCUT2D eigenvalue weighted by molar-refractivity contribution is 5.89. The zero-order valence-electron chi connectivity index (χ0n) is 11.8. The van der Waals surface area contributed by atoms with Crippen LogP contribution in [-0.4, -0.2) is 30.9 Å². The third-order valence-electron chi connectivity index (χ3n) is 2.03. The number of rotatable bonds is 4. The van der Waals surface area contributed by atoms with Crippen molar-refractivity contribution in [2.75, 3.05) is 13.2 Å². The van der Waals surface area contributed by atoms with Gasteiger partial charge in [-0.25, -0.2) is 9.59 Å². The van der Waals surface area contributed by atoms with Gasteiger partial charge in [-0.15, -0.1) is 0 Å². The first-order chi connectivity index (χ1) is 9.31. The van der Waals surface area contributed by atoms with E-state index in [4.69, 9.17) is 15.2 Å². The van der Waals surface area contributed by atoms with Gasteiger partial charge in [0.15, 0.2) is 0 Å². The second kappa shape index (κ2) is 6.91. The Bertz CT molecular complexity index is 461. The summed E-state index contributed by atoms with van der Waals surface area (Å²) in [4.78, 5) is 23.0. The summed E-state index contributed by atoms with van der Waals surface area (Å²) < 4.78 is 14.8. The average molecular weight is 281 g/mol. The van der Waals surface area contributed by atoms with E-state index in [9.17, 15) is 9.59 Å². The minimum absolute atomic E-state index is 0.0921. The van der Waals surface area contributed by atoms with Crippen LogP contribution in [0.4, 0.5) is 4.79 Å². The lowest BCUT2D eigenvalue weighted by Crippen LogP contribution is -2.23. The van der Waals surface area contributed by atoms with Gasteiger partial charge in [0.1, 0.15) is 18.0 Å². The molecule has 1 aromatic rings. The zero-order chi connectivity index (χ0) is 15.2. The van der Waals surface area contributed by atoms with Crippen LogP contribution in [0.5, 0.6) is 5.75 Å². The second-order valence-electron chi connectivity index (χ2n) is 5.02. The highest BCUT2D eigenvalue weighted by Gasteiger charge is 2.17. The van der Waals surface area contributed by atoms with Gasteiger partial charge in [0.05, 0.1) is 5.56 Å². The molecule has 0 aliphatic rings. The smallest absolute Gasteiger partial charge is 0.456 e.